The van der Waals surface area contributed by atoms with E-state index in [9.17, 15) is 4.79 Å². The van der Waals surface area contributed by atoms with Crippen molar-refractivity contribution >= 4 is 11.6 Å². The Balaban J connectivity index is 2.36. The summed E-state index contributed by atoms with van der Waals surface area (Å²) in [7, 11) is 1.62. The topological polar surface area (TPSA) is 78.5 Å². The summed E-state index contributed by atoms with van der Waals surface area (Å²) in [4.78, 5) is 12.0. The fourth-order valence-corrected chi connectivity index (χ4v) is 1.72. The van der Waals surface area contributed by atoms with Gasteiger partial charge in [0.1, 0.15) is 5.69 Å². The van der Waals surface area contributed by atoms with Crippen molar-refractivity contribution in [2.24, 2.45) is 0 Å². The number of ether oxygens (including phenoxy) is 2. The molecule has 0 aliphatic carbocycles. The second-order valence-corrected chi connectivity index (χ2v) is 4.21. The first kappa shape index (κ1) is 15.5. The molecule has 0 aliphatic heterocycles. The number of anilines is 1. The van der Waals surface area contributed by atoms with Gasteiger partial charge in [-0.1, -0.05) is 6.92 Å². The minimum atomic E-state index is -0.125. The van der Waals surface area contributed by atoms with E-state index in [0.717, 1.165) is 13.0 Å². The monoisotopic (exact) mass is 269 g/mol. The normalized spacial score (nSPS) is 10.6. The third-order valence-electron chi connectivity index (χ3n) is 2.58. The second-order valence-electron chi connectivity index (χ2n) is 4.21. The molecular weight excluding hydrogens is 246 g/mol. The Kier molecular flexibility index (Phi) is 6.99. The van der Waals surface area contributed by atoms with Gasteiger partial charge < -0.3 is 25.1 Å². The number of hydrogen-bond donors (Lipinski definition) is 2. The van der Waals surface area contributed by atoms with Crippen molar-refractivity contribution in [2.75, 3.05) is 39.2 Å². The van der Waals surface area contributed by atoms with Gasteiger partial charge in [0.05, 0.1) is 25.5 Å². The highest BCUT2D eigenvalue weighted by Gasteiger charge is 2.11. The van der Waals surface area contributed by atoms with E-state index >= 15 is 0 Å². The van der Waals surface area contributed by atoms with Crippen LogP contribution in [0.2, 0.25) is 0 Å². The lowest BCUT2D eigenvalue weighted by molar-refractivity contribution is 0.0691. The second kappa shape index (κ2) is 8.55. The number of nitrogens with two attached hydrogens (primary N) is 1. The maximum absolute atomic E-state index is 12.0. The molecule has 1 heterocycles. The Morgan fingerprint density at radius 1 is 1.42 bits per heavy atom. The summed E-state index contributed by atoms with van der Waals surface area (Å²) in [5.41, 5.74) is 6.92. The zero-order chi connectivity index (χ0) is 14.1. The standard InChI is InChI=1S/C13H23N3O3/c1-3-5-16-10-11(14)9-12(16)13(17)15-4-6-19-8-7-18-2/h9-10H,3-8,14H2,1-2H3,(H,15,17). The third kappa shape index (κ3) is 5.32. The summed E-state index contributed by atoms with van der Waals surface area (Å²) in [5.74, 6) is -0.125. The fourth-order valence-electron chi connectivity index (χ4n) is 1.72. The van der Waals surface area contributed by atoms with Crippen molar-refractivity contribution in [1.29, 1.82) is 0 Å². The molecule has 6 nitrogen and oxygen atoms in total. The molecule has 1 amide bonds. The van der Waals surface area contributed by atoms with Gasteiger partial charge in [-0.2, -0.15) is 0 Å². The van der Waals surface area contributed by atoms with Crippen molar-refractivity contribution in [3.8, 4) is 0 Å². The Hall–Kier alpha value is -1.53. The van der Waals surface area contributed by atoms with Crippen LogP contribution in [0, 0.1) is 0 Å². The van der Waals surface area contributed by atoms with E-state index in [1.54, 1.807) is 19.4 Å². The van der Waals surface area contributed by atoms with Crippen LogP contribution in [0.5, 0.6) is 0 Å². The molecular formula is C13H23N3O3. The molecule has 1 aromatic rings. The number of amides is 1. The smallest absolute Gasteiger partial charge is 0.268 e. The first-order chi connectivity index (χ1) is 9.19. The van der Waals surface area contributed by atoms with Crippen LogP contribution in [-0.4, -0.2) is 43.9 Å². The molecule has 0 saturated heterocycles. The van der Waals surface area contributed by atoms with Crippen molar-refractivity contribution in [3.63, 3.8) is 0 Å². The van der Waals surface area contributed by atoms with Crippen LogP contribution in [0.3, 0.4) is 0 Å². The highest BCUT2D eigenvalue weighted by atomic mass is 16.5. The summed E-state index contributed by atoms with van der Waals surface area (Å²) < 4.78 is 12.0. The molecule has 0 fully saturated rings. The van der Waals surface area contributed by atoms with Gasteiger partial charge in [0.2, 0.25) is 0 Å². The molecule has 19 heavy (non-hydrogen) atoms. The van der Waals surface area contributed by atoms with Crippen molar-refractivity contribution in [2.45, 2.75) is 19.9 Å². The van der Waals surface area contributed by atoms with E-state index in [1.165, 1.54) is 0 Å². The number of carbonyl (C=O) groups excluding carboxylic acids is 1. The van der Waals surface area contributed by atoms with Crippen LogP contribution in [-0.2, 0) is 16.0 Å². The summed E-state index contributed by atoms with van der Waals surface area (Å²) >= 11 is 0. The summed E-state index contributed by atoms with van der Waals surface area (Å²) in [6, 6.07) is 1.69. The van der Waals surface area contributed by atoms with Crippen molar-refractivity contribution in [1.82, 2.24) is 9.88 Å². The fraction of sp³-hybridized carbons (Fsp3) is 0.615. The predicted octanol–water partition coefficient (Wildman–Crippen LogP) is 0.873. The van der Waals surface area contributed by atoms with Crippen LogP contribution < -0.4 is 11.1 Å². The van der Waals surface area contributed by atoms with Gasteiger partial charge in [-0.15, -0.1) is 0 Å². The number of carbonyl (C=O) groups is 1. The van der Waals surface area contributed by atoms with Crippen LogP contribution in [0.4, 0.5) is 5.69 Å². The molecule has 3 N–H and O–H groups in total. The lowest BCUT2D eigenvalue weighted by atomic mass is 10.3. The average molecular weight is 269 g/mol. The van der Waals surface area contributed by atoms with Crippen LogP contribution in [0.25, 0.3) is 0 Å². The minimum Gasteiger partial charge on any atom is -0.397 e. The largest absolute Gasteiger partial charge is 0.397 e. The quantitative estimate of drug-likeness (QED) is 0.652. The number of aromatic nitrogens is 1. The number of nitrogen functional groups attached to an aromatic ring is 1. The Morgan fingerprint density at radius 3 is 2.89 bits per heavy atom. The average Bonchev–Trinajstić information content (AvgIpc) is 2.75. The van der Waals surface area contributed by atoms with Gasteiger partial charge in [-0.3, -0.25) is 4.79 Å². The van der Waals surface area contributed by atoms with Crippen molar-refractivity contribution in [3.05, 3.63) is 18.0 Å². The number of nitrogens with zero attached hydrogens (tertiary/aromatic N) is 1. The maximum Gasteiger partial charge on any atom is 0.268 e. The zero-order valence-corrected chi connectivity index (χ0v) is 11.6. The summed E-state index contributed by atoms with van der Waals surface area (Å²) in [6.45, 7) is 4.87. The molecule has 1 aromatic heterocycles. The van der Waals surface area contributed by atoms with E-state index in [-0.39, 0.29) is 5.91 Å². The Labute approximate surface area is 113 Å². The Morgan fingerprint density at radius 2 is 2.21 bits per heavy atom. The molecule has 0 atom stereocenters. The van der Waals surface area contributed by atoms with E-state index in [1.807, 2.05) is 4.57 Å². The van der Waals surface area contributed by atoms with Crippen LogP contribution in [0.15, 0.2) is 12.3 Å². The van der Waals surface area contributed by atoms with Gasteiger partial charge in [-0.05, 0) is 12.5 Å². The molecule has 0 bridgehead atoms. The molecule has 0 spiro atoms. The van der Waals surface area contributed by atoms with Gasteiger partial charge in [0.15, 0.2) is 0 Å². The van der Waals surface area contributed by atoms with Crippen LogP contribution >= 0.6 is 0 Å². The SMILES string of the molecule is CCCn1cc(N)cc1C(=O)NCCOCCOC. The first-order valence-electron chi connectivity index (χ1n) is 6.49. The van der Waals surface area contributed by atoms with Crippen LogP contribution in [0.1, 0.15) is 23.8 Å². The van der Waals surface area contributed by atoms with Gasteiger partial charge in [0, 0.05) is 26.4 Å². The van der Waals surface area contributed by atoms with E-state index in [0.29, 0.717) is 37.7 Å². The Bertz CT molecular complexity index is 390. The highest BCUT2D eigenvalue weighted by Crippen LogP contribution is 2.11. The molecule has 0 aliphatic rings. The molecule has 0 radical (unpaired) electrons. The highest BCUT2D eigenvalue weighted by molar-refractivity contribution is 5.93. The van der Waals surface area contributed by atoms with Gasteiger partial charge in [-0.25, -0.2) is 0 Å². The first-order valence-corrected chi connectivity index (χ1v) is 6.49. The number of aryl methyl sites for hydroxylation is 1. The molecule has 108 valence electrons. The third-order valence-corrected chi connectivity index (χ3v) is 2.58. The number of hydrogen-bond acceptors (Lipinski definition) is 4. The summed E-state index contributed by atoms with van der Waals surface area (Å²) in [6.07, 6.45) is 2.74. The maximum atomic E-state index is 12.0. The minimum absolute atomic E-state index is 0.125. The predicted molar refractivity (Wildman–Crippen MR) is 74.2 cm³/mol. The molecule has 1 rings (SSSR count). The molecule has 6 heteroatoms. The lowest BCUT2D eigenvalue weighted by Crippen LogP contribution is -2.29. The van der Waals surface area contributed by atoms with Gasteiger partial charge >= 0.3 is 0 Å². The lowest BCUT2D eigenvalue weighted by Gasteiger charge is -2.09. The van der Waals surface area contributed by atoms with E-state index < -0.39 is 0 Å². The summed E-state index contributed by atoms with van der Waals surface area (Å²) in [5, 5.41) is 2.81. The van der Waals surface area contributed by atoms with E-state index in [2.05, 4.69) is 12.2 Å². The number of rotatable bonds is 9. The van der Waals surface area contributed by atoms with E-state index in [4.69, 9.17) is 15.2 Å². The van der Waals surface area contributed by atoms with Gasteiger partial charge in [0.25, 0.3) is 5.91 Å². The molecule has 0 unspecified atom stereocenters. The number of nitrogens with one attached hydrogen (secondary N) is 1. The number of methoxy groups -OCH3 is 1. The molecule has 0 saturated carbocycles. The zero-order valence-electron chi connectivity index (χ0n) is 11.6. The molecule has 0 aromatic carbocycles. The van der Waals surface area contributed by atoms with Crippen molar-refractivity contribution < 1.29 is 14.3 Å².